The first kappa shape index (κ1) is 17.8. The molecule has 0 N–H and O–H groups in total. The van der Waals surface area contributed by atoms with Gasteiger partial charge >= 0.3 is 6.18 Å². The van der Waals surface area contributed by atoms with Gasteiger partial charge in [-0.2, -0.15) is 17.6 Å². The molecule has 0 amide bonds. The Hall–Kier alpha value is -1.96. The Bertz CT molecular complexity index is 863. The Kier molecular flexibility index (Phi) is 4.35. The van der Waals surface area contributed by atoms with E-state index in [1.165, 1.54) is 18.3 Å². The Morgan fingerprint density at radius 2 is 1.96 bits per heavy atom. The number of hydrogen-bond acceptors (Lipinski definition) is 2. The van der Waals surface area contributed by atoms with Crippen LogP contribution >= 0.6 is 0 Å². The molecule has 0 bridgehead atoms. The highest BCUT2D eigenvalue weighted by Crippen LogP contribution is 2.34. The molecule has 1 aliphatic rings. The molecule has 4 nitrogen and oxygen atoms in total. The zero-order chi connectivity index (χ0) is 18.4. The largest absolute Gasteiger partial charge is 0.416 e. The van der Waals surface area contributed by atoms with Crippen LogP contribution in [0.5, 0.6) is 0 Å². The van der Waals surface area contributed by atoms with E-state index in [0.29, 0.717) is 29.8 Å². The standard InChI is InChI=1S/C17H18F3N3OS/c1-16(2,3)25(24)22-9-13-15-6-4-11-8-12(17(18,19)20)5-7-14(11)23(15)10-21-13/h5,7-10H,4,6H2,1-3H3/b22-9+. The van der Waals surface area contributed by atoms with Gasteiger partial charge in [0.1, 0.15) is 23.0 Å². The van der Waals surface area contributed by atoms with E-state index >= 15 is 0 Å². The van der Waals surface area contributed by atoms with Crippen molar-refractivity contribution in [3.63, 3.8) is 0 Å². The molecule has 25 heavy (non-hydrogen) atoms. The smallest absolute Gasteiger partial charge is 0.302 e. The van der Waals surface area contributed by atoms with Crippen LogP contribution in [0.2, 0.25) is 0 Å². The van der Waals surface area contributed by atoms with Gasteiger partial charge in [0.2, 0.25) is 0 Å². The molecule has 2 aromatic rings. The molecule has 0 saturated carbocycles. The van der Waals surface area contributed by atoms with E-state index < -0.39 is 27.5 Å². The predicted octanol–water partition coefficient (Wildman–Crippen LogP) is 3.87. The third kappa shape index (κ3) is 3.53. The minimum Gasteiger partial charge on any atom is -0.302 e. The van der Waals surface area contributed by atoms with Crippen molar-refractivity contribution in [1.82, 2.24) is 9.55 Å². The lowest BCUT2D eigenvalue weighted by Gasteiger charge is -2.20. The Labute approximate surface area is 146 Å². The number of rotatable bonds is 2. The summed E-state index contributed by atoms with van der Waals surface area (Å²) in [5.74, 6) is 0. The van der Waals surface area contributed by atoms with Gasteiger partial charge in [0.25, 0.3) is 0 Å². The fraction of sp³-hybridized carbons (Fsp3) is 0.412. The van der Waals surface area contributed by atoms with E-state index in [1.807, 2.05) is 20.8 Å². The molecule has 0 spiro atoms. The number of fused-ring (bicyclic) bond motifs is 3. The number of hydrogen-bond donors (Lipinski definition) is 0. The maximum absolute atomic E-state index is 12.9. The molecule has 1 aliphatic heterocycles. The average molecular weight is 369 g/mol. The molecular weight excluding hydrogens is 351 g/mol. The molecule has 2 heterocycles. The first-order chi connectivity index (χ1) is 11.6. The van der Waals surface area contributed by atoms with Gasteiger partial charge in [-0.1, -0.05) is 0 Å². The van der Waals surface area contributed by atoms with Gasteiger partial charge in [-0.3, -0.25) is 0 Å². The van der Waals surface area contributed by atoms with Crippen LogP contribution in [0, 0.1) is 0 Å². The van der Waals surface area contributed by atoms with Gasteiger partial charge in [-0.25, -0.2) is 9.19 Å². The summed E-state index contributed by atoms with van der Waals surface area (Å²) >= 11 is 0. The fourth-order valence-corrected chi connectivity index (χ4v) is 3.17. The molecule has 1 atom stereocenters. The lowest BCUT2D eigenvalue weighted by Crippen LogP contribution is -2.20. The van der Waals surface area contributed by atoms with Crippen LogP contribution in [0.25, 0.3) is 5.69 Å². The maximum atomic E-state index is 12.9. The third-order valence-corrected chi connectivity index (χ3v) is 5.34. The summed E-state index contributed by atoms with van der Waals surface area (Å²) in [5, 5.41) is 0. The van der Waals surface area contributed by atoms with Gasteiger partial charge in [-0.15, -0.1) is 0 Å². The summed E-state index contributed by atoms with van der Waals surface area (Å²) in [6.07, 6.45) is -0.241. The summed E-state index contributed by atoms with van der Waals surface area (Å²) in [6, 6.07) is 3.74. The van der Waals surface area contributed by atoms with E-state index in [9.17, 15) is 17.4 Å². The molecule has 1 aromatic heterocycles. The number of aromatic nitrogens is 2. The average Bonchev–Trinajstić information content (AvgIpc) is 2.93. The van der Waals surface area contributed by atoms with E-state index in [-0.39, 0.29) is 0 Å². The van der Waals surface area contributed by atoms with Crippen molar-refractivity contribution in [2.75, 3.05) is 0 Å². The number of halogens is 3. The van der Waals surface area contributed by atoms with Crippen LogP contribution in [0.3, 0.4) is 0 Å². The van der Waals surface area contributed by atoms with Gasteiger partial charge in [0.15, 0.2) is 0 Å². The highest BCUT2D eigenvalue weighted by atomic mass is 32.2. The Balaban J connectivity index is 1.94. The van der Waals surface area contributed by atoms with E-state index in [4.69, 9.17) is 0 Å². The van der Waals surface area contributed by atoms with E-state index in [0.717, 1.165) is 11.8 Å². The Morgan fingerprint density at radius 1 is 1.24 bits per heavy atom. The lowest BCUT2D eigenvalue weighted by molar-refractivity contribution is -0.137. The van der Waals surface area contributed by atoms with Gasteiger partial charge in [-0.05, 0) is 57.4 Å². The lowest BCUT2D eigenvalue weighted by atomic mass is 9.98. The normalized spacial score (nSPS) is 15.9. The number of aryl methyl sites for hydroxylation is 1. The first-order valence-corrected chi connectivity index (χ1v) is 8.91. The summed E-state index contributed by atoms with van der Waals surface area (Å²) < 4.78 is 56.0. The van der Waals surface area contributed by atoms with Crippen molar-refractivity contribution < 1.29 is 17.4 Å². The van der Waals surface area contributed by atoms with Crippen molar-refractivity contribution in [3.8, 4) is 5.69 Å². The van der Waals surface area contributed by atoms with Crippen LogP contribution in [0.15, 0.2) is 28.9 Å². The second kappa shape index (κ2) is 6.09. The minimum absolute atomic E-state index is 0.461. The summed E-state index contributed by atoms with van der Waals surface area (Å²) in [6.45, 7) is 5.49. The predicted molar refractivity (Wildman–Crippen MR) is 91.5 cm³/mol. The quantitative estimate of drug-likeness (QED) is 0.755. The van der Waals surface area contributed by atoms with E-state index in [2.05, 4.69) is 9.38 Å². The molecule has 1 unspecified atom stereocenters. The second-order valence-corrected chi connectivity index (χ2v) is 8.82. The van der Waals surface area contributed by atoms with Crippen LogP contribution in [0.4, 0.5) is 13.2 Å². The first-order valence-electron chi connectivity index (χ1n) is 7.80. The van der Waals surface area contributed by atoms with Crippen LogP contribution in [0.1, 0.15) is 43.3 Å². The molecule has 0 radical (unpaired) electrons. The summed E-state index contributed by atoms with van der Waals surface area (Å²) in [4.78, 5) is 4.28. The zero-order valence-corrected chi connectivity index (χ0v) is 14.9. The molecule has 0 saturated heterocycles. The number of nitrogens with zero attached hydrogens (tertiary/aromatic N) is 3. The van der Waals surface area contributed by atoms with E-state index in [1.54, 1.807) is 10.9 Å². The Morgan fingerprint density at radius 3 is 2.60 bits per heavy atom. The number of imidazole rings is 1. The molecule has 0 aliphatic carbocycles. The summed E-state index contributed by atoms with van der Waals surface area (Å²) in [7, 11) is -1.39. The van der Waals surface area contributed by atoms with Crippen LogP contribution < -0.4 is 0 Å². The van der Waals surface area contributed by atoms with Crippen molar-refractivity contribution in [2.24, 2.45) is 4.40 Å². The van der Waals surface area contributed by atoms with Crippen molar-refractivity contribution in [3.05, 3.63) is 47.0 Å². The second-order valence-electron chi connectivity index (χ2n) is 6.88. The van der Waals surface area contributed by atoms with Gasteiger partial charge in [0, 0.05) is 0 Å². The molecule has 134 valence electrons. The maximum Gasteiger partial charge on any atom is 0.416 e. The SMILES string of the molecule is CC(C)(C)S(=O)/N=C/c1ncn2c1CCc1cc(C(F)(F)F)ccc1-2. The minimum atomic E-state index is -4.35. The highest BCUT2D eigenvalue weighted by Gasteiger charge is 2.32. The van der Waals surface area contributed by atoms with Gasteiger partial charge < -0.3 is 4.57 Å². The third-order valence-electron chi connectivity index (χ3n) is 3.99. The number of alkyl halides is 3. The van der Waals surface area contributed by atoms with Crippen molar-refractivity contribution in [1.29, 1.82) is 0 Å². The fourth-order valence-electron chi connectivity index (χ4n) is 2.66. The molecule has 1 aromatic carbocycles. The van der Waals surface area contributed by atoms with Crippen LogP contribution in [-0.2, 0) is 30.0 Å². The monoisotopic (exact) mass is 369 g/mol. The van der Waals surface area contributed by atoms with Crippen molar-refractivity contribution >= 4 is 17.2 Å². The summed E-state index contributed by atoms with van der Waals surface area (Å²) in [5.41, 5.74) is 2.15. The molecule has 8 heteroatoms. The molecular formula is C17H18F3N3OS. The molecule has 3 rings (SSSR count). The van der Waals surface area contributed by atoms with Crippen LogP contribution in [-0.4, -0.2) is 24.7 Å². The molecule has 0 fully saturated rings. The zero-order valence-electron chi connectivity index (χ0n) is 14.1. The highest BCUT2D eigenvalue weighted by molar-refractivity contribution is 7.85. The van der Waals surface area contributed by atoms with Crippen molar-refractivity contribution in [2.45, 2.75) is 44.5 Å². The topological polar surface area (TPSA) is 47.2 Å². The van der Waals surface area contributed by atoms with Gasteiger partial charge in [0.05, 0.1) is 27.9 Å². The number of benzene rings is 1.